The fraction of sp³-hybridized carbons (Fsp3) is 0.316. The van der Waals surface area contributed by atoms with Crippen molar-refractivity contribution in [3.8, 4) is 0 Å². The van der Waals surface area contributed by atoms with Gasteiger partial charge in [0.1, 0.15) is 5.82 Å². The third kappa shape index (κ3) is 3.63. The molecule has 2 aromatic carbocycles. The minimum absolute atomic E-state index is 0.299. The zero-order valence-corrected chi connectivity index (χ0v) is 15.9. The molecule has 1 saturated heterocycles. The number of rotatable bonds is 3. The molecule has 0 atom stereocenters. The van der Waals surface area contributed by atoms with Crippen LogP contribution < -0.4 is 10.8 Å². The Labute approximate surface area is 157 Å². The molecule has 0 bridgehead atoms. The Morgan fingerprint density at radius 1 is 1.04 bits per heavy atom. The molecule has 1 fully saturated rings. The molecule has 1 aliphatic heterocycles. The number of benzene rings is 2. The summed E-state index contributed by atoms with van der Waals surface area (Å²) in [4.78, 5) is 12.2. The number of halogens is 2. The minimum atomic E-state index is -0.791. The van der Waals surface area contributed by atoms with E-state index >= 15 is 0 Å². The normalized spacial score (nSPS) is 18.0. The Hall–Kier alpha value is -1.89. The monoisotopic (exact) mass is 375 g/mol. The van der Waals surface area contributed by atoms with Gasteiger partial charge >= 0.3 is 7.12 Å². The standard InChI is InChI=1S/C19H20BClFNO3/c1-18(2)19(3,4)26-20(25-18)15-10-9-14(11-16(15)22)23-17(24)12-5-7-13(21)8-6-12/h5-11H,1-4H3,(H,23,24). The molecular formula is C19H20BClFNO3. The zero-order chi connectivity index (χ0) is 19.1. The van der Waals surface area contributed by atoms with Gasteiger partial charge < -0.3 is 14.6 Å². The summed E-state index contributed by atoms with van der Waals surface area (Å²) in [7, 11) is -0.791. The quantitative estimate of drug-likeness (QED) is 0.824. The first-order valence-corrected chi connectivity index (χ1v) is 8.69. The Morgan fingerprint density at radius 2 is 1.62 bits per heavy atom. The van der Waals surface area contributed by atoms with Crippen molar-refractivity contribution in [1.29, 1.82) is 0 Å². The molecule has 0 unspecified atom stereocenters. The van der Waals surface area contributed by atoms with Gasteiger partial charge in [0.15, 0.2) is 0 Å². The molecular weight excluding hydrogens is 355 g/mol. The maximum atomic E-state index is 14.6. The van der Waals surface area contributed by atoms with Crippen molar-refractivity contribution in [2.45, 2.75) is 38.9 Å². The number of amides is 1. The van der Waals surface area contributed by atoms with Gasteiger partial charge in [0, 0.05) is 21.7 Å². The van der Waals surface area contributed by atoms with Gasteiger partial charge in [-0.3, -0.25) is 4.79 Å². The zero-order valence-electron chi connectivity index (χ0n) is 15.1. The molecule has 26 heavy (non-hydrogen) atoms. The van der Waals surface area contributed by atoms with Crippen LogP contribution in [0.2, 0.25) is 5.02 Å². The van der Waals surface area contributed by atoms with Gasteiger partial charge in [-0.25, -0.2) is 4.39 Å². The fourth-order valence-electron chi connectivity index (χ4n) is 2.57. The largest absolute Gasteiger partial charge is 0.497 e. The number of anilines is 1. The molecule has 0 spiro atoms. The maximum absolute atomic E-state index is 14.6. The van der Waals surface area contributed by atoms with Gasteiger partial charge in [-0.15, -0.1) is 0 Å². The summed E-state index contributed by atoms with van der Waals surface area (Å²) in [6.45, 7) is 7.63. The maximum Gasteiger partial charge on any atom is 0.497 e. The molecule has 1 amide bonds. The summed E-state index contributed by atoms with van der Waals surface area (Å²) >= 11 is 5.81. The fourth-order valence-corrected chi connectivity index (χ4v) is 2.70. The second-order valence-corrected chi connectivity index (χ2v) is 7.72. The predicted octanol–water partition coefficient (Wildman–Crippen LogP) is 4.03. The average Bonchev–Trinajstić information content (AvgIpc) is 2.75. The van der Waals surface area contributed by atoms with Crippen LogP contribution in [-0.2, 0) is 9.31 Å². The van der Waals surface area contributed by atoms with Gasteiger partial charge in [-0.1, -0.05) is 17.7 Å². The lowest BCUT2D eigenvalue weighted by molar-refractivity contribution is 0.00578. The highest BCUT2D eigenvalue weighted by Crippen LogP contribution is 2.36. The van der Waals surface area contributed by atoms with E-state index in [1.807, 2.05) is 27.7 Å². The summed E-state index contributed by atoms with van der Waals surface area (Å²) in [5.74, 6) is -0.846. The lowest BCUT2D eigenvalue weighted by Gasteiger charge is -2.32. The molecule has 136 valence electrons. The van der Waals surface area contributed by atoms with Crippen molar-refractivity contribution in [3.63, 3.8) is 0 Å². The van der Waals surface area contributed by atoms with Crippen LogP contribution in [0.1, 0.15) is 38.1 Å². The smallest absolute Gasteiger partial charge is 0.399 e. The number of carbonyl (C=O) groups is 1. The molecule has 7 heteroatoms. The topological polar surface area (TPSA) is 47.6 Å². The molecule has 0 aromatic heterocycles. The highest BCUT2D eigenvalue weighted by Gasteiger charge is 2.52. The number of hydrogen-bond acceptors (Lipinski definition) is 3. The Balaban J connectivity index is 1.76. The van der Waals surface area contributed by atoms with Gasteiger partial charge in [-0.2, -0.15) is 0 Å². The van der Waals surface area contributed by atoms with Crippen LogP contribution in [0.25, 0.3) is 0 Å². The van der Waals surface area contributed by atoms with E-state index in [1.54, 1.807) is 36.4 Å². The van der Waals surface area contributed by atoms with Crippen molar-refractivity contribution in [2.24, 2.45) is 0 Å². The van der Waals surface area contributed by atoms with E-state index in [1.165, 1.54) is 6.07 Å². The first-order valence-electron chi connectivity index (χ1n) is 8.31. The molecule has 0 aliphatic carbocycles. The van der Waals surface area contributed by atoms with Crippen LogP contribution >= 0.6 is 11.6 Å². The molecule has 4 nitrogen and oxygen atoms in total. The van der Waals surface area contributed by atoms with Gasteiger partial charge in [-0.05, 0) is 64.1 Å². The summed E-state index contributed by atoms with van der Waals surface area (Å²) in [6.07, 6.45) is 0. The molecule has 1 heterocycles. The van der Waals surface area contributed by atoms with Gasteiger partial charge in [0.05, 0.1) is 11.2 Å². The third-order valence-electron chi connectivity index (χ3n) is 4.87. The van der Waals surface area contributed by atoms with Crippen molar-refractivity contribution in [3.05, 3.63) is 58.9 Å². The van der Waals surface area contributed by atoms with E-state index in [2.05, 4.69) is 5.32 Å². The molecule has 1 aliphatic rings. The Morgan fingerprint density at radius 3 is 2.15 bits per heavy atom. The summed E-state index contributed by atoms with van der Waals surface area (Å²) in [6, 6.07) is 10.9. The van der Waals surface area contributed by atoms with Gasteiger partial charge in [0.25, 0.3) is 5.91 Å². The van der Waals surface area contributed by atoms with Crippen molar-refractivity contribution in [2.75, 3.05) is 5.32 Å². The predicted molar refractivity (Wildman–Crippen MR) is 102 cm³/mol. The van der Waals surface area contributed by atoms with E-state index < -0.39 is 24.1 Å². The second kappa shape index (κ2) is 6.69. The average molecular weight is 376 g/mol. The van der Waals surface area contributed by atoms with Crippen molar-refractivity contribution in [1.82, 2.24) is 0 Å². The van der Waals surface area contributed by atoms with E-state index in [-0.39, 0.29) is 5.91 Å². The lowest BCUT2D eigenvalue weighted by atomic mass is 9.78. The Kier molecular flexibility index (Phi) is 4.86. The van der Waals surface area contributed by atoms with Crippen LogP contribution in [0.3, 0.4) is 0 Å². The van der Waals surface area contributed by atoms with Crippen LogP contribution in [-0.4, -0.2) is 24.2 Å². The summed E-state index contributed by atoms with van der Waals surface area (Å²) < 4.78 is 26.3. The second-order valence-electron chi connectivity index (χ2n) is 7.29. The minimum Gasteiger partial charge on any atom is -0.399 e. The lowest BCUT2D eigenvalue weighted by Crippen LogP contribution is -2.41. The summed E-state index contributed by atoms with van der Waals surface area (Å²) in [5, 5.41) is 3.21. The van der Waals surface area contributed by atoms with E-state index in [4.69, 9.17) is 20.9 Å². The van der Waals surface area contributed by atoms with Gasteiger partial charge in [0.2, 0.25) is 0 Å². The first-order chi connectivity index (χ1) is 12.1. The highest BCUT2D eigenvalue weighted by atomic mass is 35.5. The highest BCUT2D eigenvalue weighted by molar-refractivity contribution is 6.62. The summed E-state index contributed by atoms with van der Waals surface area (Å²) in [5.41, 5.74) is -0.0161. The van der Waals surface area contributed by atoms with E-state index in [0.717, 1.165) is 0 Å². The molecule has 2 aromatic rings. The number of carbonyl (C=O) groups excluding carboxylic acids is 1. The van der Waals surface area contributed by atoms with Crippen LogP contribution in [0, 0.1) is 5.82 Å². The first kappa shape index (κ1) is 18.9. The molecule has 0 radical (unpaired) electrons. The third-order valence-corrected chi connectivity index (χ3v) is 5.12. The molecule has 0 saturated carbocycles. The van der Waals surface area contributed by atoms with Crippen LogP contribution in [0.15, 0.2) is 42.5 Å². The van der Waals surface area contributed by atoms with E-state index in [9.17, 15) is 9.18 Å². The SMILES string of the molecule is CC1(C)OB(c2ccc(NC(=O)c3ccc(Cl)cc3)cc2F)OC1(C)C. The van der Waals surface area contributed by atoms with Crippen LogP contribution in [0.4, 0.5) is 10.1 Å². The van der Waals surface area contributed by atoms with Crippen molar-refractivity contribution >= 4 is 35.8 Å². The molecule has 3 rings (SSSR count). The number of nitrogens with one attached hydrogen (secondary N) is 1. The Bertz CT molecular complexity index is 823. The van der Waals surface area contributed by atoms with Crippen molar-refractivity contribution < 1.29 is 18.5 Å². The number of hydrogen-bond donors (Lipinski definition) is 1. The van der Waals surface area contributed by atoms with E-state index in [0.29, 0.717) is 21.7 Å². The van der Waals surface area contributed by atoms with Crippen LogP contribution in [0.5, 0.6) is 0 Å². The molecule has 1 N–H and O–H groups in total.